The first-order valence-electron chi connectivity index (χ1n) is 6.28. The summed E-state index contributed by atoms with van der Waals surface area (Å²) >= 11 is 5.93. The lowest BCUT2D eigenvalue weighted by Gasteiger charge is -2.25. The fraction of sp³-hybridized carbons (Fsp3) is 0.571. The SMILES string of the molecule is CC(C)(C)OC(=O)N1CC(C)(C)c2ccc(Cl)nc21. The molecule has 0 saturated carbocycles. The lowest BCUT2D eigenvalue weighted by Crippen LogP contribution is -2.38. The van der Waals surface area contributed by atoms with E-state index in [-0.39, 0.29) is 11.5 Å². The molecule has 1 aliphatic rings. The summed E-state index contributed by atoms with van der Waals surface area (Å²) in [5.41, 5.74) is 0.342. The van der Waals surface area contributed by atoms with Gasteiger partial charge in [-0.3, -0.25) is 4.90 Å². The minimum Gasteiger partial charge on any atom is -0.443 e. The quantitative estimate of drug-likeness (QED) is 0.680. The van der Waals surface area contributed by atoms with E-state index in [9.17, 15) is 4.79 Å². The molecule has 2 rings (SSSR count). The van der Waals surface area contributed by atoms with E-state index in [2.05, 4.69) is 18.8 Å². The third kappa shape index (κ3) is 2.84. The molecule has 1 aromatic rings. The normalized spacial score (nSPS) is 17.3. The van der Waals surface area contributed by atoms with Gasteiger partial charge in [0.15, 0.2) is 0 Å². The highest BCUT2D eigenvalue weighted by atomic mass is 35.5. The Morgan fingerprint density at radius 3 is 2.63 bits per heavy atom. The lowest BCUT2D eigenvalue weighted by atomic mass is 9.88. The number of pyridine rings is 1. The second kappa shape index (κ2) is 4.37. The van der Waals surface area contributed by atoms with Crippen LogP contribution in [0.3, 0.4) is 0 Å². The Bertz CT molecular complexity index is 521. The second-order valence-corrected chi connectivity index (χ2v) is 6.84. The number of carbonyl (C=O) groups excluding carboxylic acids is 1. The Hall–Kier alpha value is -1.29. The number of halogens is 1. The molecule has 5 heteroatoms. The van der Waals surface area contributed by atoms with Crippen molar-refractivity contribution >= 4 is 23.5 Å². The summed E-state index contributed by atoms with van der Waals surface area (Å²) in [5, 5.41) is 0.380. The Morgan fingerprint density at radius 2 is 2.05 bits per heavy atom. The van der Waals surface area contributed by atoms with Crippen LogP contribution in [0.25, 0.3) is 0 Å². The Labute approximate surface area is 118 Å². The third-order valence-electron chi connectivity index (χ3n) is 2.99. The third-order valence-corrected chi connectivity index (χ3v) is 3.20. The summed E-state index contributed by atoms with van der Waals surface area (Å²) in [6, 6.07) is 3.68. The van der Waals surface area contributed by atoms with Crippen molar-refractivity contribution in [2.75, 3.05) is 11.4 Å². The molecular weight excluding hydrogens is 264 g/mol. The molecule has 0 saturated heterocycles. The molecule has 0 spiro atoms. The molecule has 19 heavy (non-hydrogen) atoms. The van der Waals surface area contributed by atoms with Crippen LogP contribution in [0.4, 0.5) is 10.6 Å². The summed E-state index contributed by atoms with van der Waals surface area (Å²) in [7, 11) is 0. The maximum absolute atomic E-state index is 12.2. The van der Waals surface area contributed by atoms with E-state index in [1.54, 1.807) is 11.0 Å². The van der Waals surface area contributed by atoms with Crippen molar-refractivity contribution in [3.05, 3.63) is 22.8 Å². The van der Waals surface area contributed by atoms with Gasteiger partial charge in [0.1, 0.15) is 16.6 Å². The molecule has 104 valence electrons. The van der Waals surface area contributed by atoms with Crippen LogP contribution in [-0.2, 0) is 10.2 Å². The van der Waals surface area contributed by atoms with E-state index in [1.807, 2.05) is 26.8 Å². The molecule has 0 radical (unpaired) electrons. The van der Waals surface area contributed by atoms with E-state index < -0.39 is 5.60 Å². The van der Waals surface area contributed by atoms with E-state index in [0.29, 0.717) is 17.5 Å². The van der Waals surface area contributed by atoms with Crippen LogP contribution < -0.4 is 4.90 Å². The van der Waals surface area contributed by atoms with Crippen LogP contribution in [0.1, 0.15) is 40.2 Å². The molecule has 0 unspecified atom stereocenters. The summed E-state index contributed by atoms with van der Waals surface area (Å²) in [5.74, 6) is 0.603. The van der Waals surface area contributed by atoms with Crippen LogP contribution in [0.2, 0.25) is 5.15 Å². The maximum atomic E-state index is 12.2. The summed E-state index contributed by atoms with van der Waals surface area (Å²) in [6.45, 7) is 10.2. The second-order valence-electron chi connectivity index (χ2n) is 6.46. The largest absolute Gasteiger partial charge is 0.443 e. The van der Waals surface area contributed by atoms with Gasteiger partial charge in [-0.05, 0) is 26.8 Å². The highest BCUT2D eigenvalue weighted by Crippen LogP contribution is 2.40. The molecule has 0 N–H and O–H groups in total. The Morgan fingerprint density at radius 1 is 1.42 bits per heavy atom. The van der Waals surface area contributed by atoms with Crippen LogP contribution in [0, 0.1) is 0 Å². The molecular formula is C14H19ClN2O2. The number of fused-ring (bicyclic) bond motifs is 1. The first kappa shape index (κ1) is 14.1. The smallest absolute Gasteiger partial charge is 0.416 e. The Kier molecular flexibility index (Phi) is 3.25. The van der Waals surface area contributed by atoms with E-state index >= 15 is 0 Å². The van der Waals surface area contributed by atoms with E-state index in [1.165, 1.54) is 0 Å². The average Bonchev–Trinajstić information content (AvgIpc) is 2.48. The Balaban J connectivity index is 2.36. The standard InChI is InChI=1S/C14H19ClN2O2/c1-13(2,3)19-12(18)17-8-14(4,5)9-6-7-10(15)16-11(9)17/h6-7H,8H2,1-5H3. The minimum absolute atomic E-state index is 0.149. The van der Waals surface area contributed by atoms with Crippen LogP contribution >= 0.6 is 11.6 Å². The van der Waals surface area contributed by atoms with Gasteiger partial charge in [0.25, 0.3) is 0 Å². The van der Waals surface area contributed by atoms with Gasteiger partial charge >= 0.3 is 6.09 Å². The zero-order valence-electron chi connectivity index (χ0n) is 12.0. The molecule has 0 fully saturated rings. The number of nitrogens with zero attached hydrogens (tertiary/aromatic N) is 2. The predicted molar refractivity (Wildman–Crippen MR) is 75.9 cm³/mol. The van der Waals surface area contributed by atoms with Gasteiger partial charge in [-0.1, -0.05) is 31.5 Å². The predicted octanol–water partition coefficient (Wildman–Crippen LogP) is 3.77. The number of carbonyl (C=O) groups is 1. The molecule has 0 bridgehead atoms. The topological polar surface area (TPSA) is 42.4 Å². The average molecular weight is 283 g/mol. The van der Waals surface area contributed by atoms with E-state index in [0.717, 1.165) is 5.56 Å². The fourth-order valence-corrected chi connectivity index (χ4v) is 2.33. The highest BCUT2D eigenvalue weighted by molar-refractivity contribution is 6.29. The van der Waals surface area contributed by atoms with Crippen molar-refractivity contribution in [1.82, 2.24) is 4.98 Å². The maximum Gasteiger partial charge on any atom is 0.416 e. The van der Waals surface area contributed by atoms with Crippen molar-refractivity contribution in [3.63, 3.8) is 0 Å². The first-order valence-corrected chi connectivity index (χ1v) is 6.65. The molecule has 1 aromatic heterocycles. The van der Waals surface area contributed by atoms with Crippen molar-refractivity contribution in [2.45, 2.75) is 45.6 Å². The molecule has 2 heterocycles. The fourth-order valence-electron chi connectivity index (χ4n) is 2.18. The molecule has 0 aromatic carbocycles. The summed E-state index contributed by atoms with van der Waals surface area (Å²) < 4.78 is 5.42. The van der Waals surface area contributed by atoms with Crippen molar-refractivity contribution in [2.24, 2.45) is 0 Å². The summed E-state index contributed by atoms with van der Waals surface area (Å²) in [6.07, 6.45) is -0.380. The van der Waals surface area contributed by atoms with Crippen LogP contribution in [-0.4, -0.2) is 23.2 Å². The van der Waals surface area contributed by atoms with Crippen molar-refractivity contribution < 1.29 is 9.53 Å². The molecule has 1 aliphatic heterocycles. The van der Waals surface area contributed by atoms with Gasteiger partial charge in [0.05, 0.1) is 0 Å². The first-order chi connectivity index (χ1) is 8.60. The van der Waals surface area contributed by atoms with Gasteiger partial charge in [-0.25, -0.2) is 9.78 Å². The highest BCUT2D eigenvalue weighted by Gasteiger charge is 2.40. The van der Waals surface area contributed by atoms with Gasteiger partial charge in [0.2, 0.25) is 0 Å². The minimum atomic E-state index is -0.525. The zero-order valence-corrected chi connectivity index (χ0v) is 12.7. The van der Waals surface area contributed by atoms with Gasteiger partial charge in [0, 0.05) is 17.5 Å². The number of anilines is 1. The van der Waals surface area contributed by atoms with Gasteiger partial charge < -0.3 is 4.74 Å². The number of hydrogen-bond donors (Lipinski definition) is 0. The van der Waals surface area contributed by atoms with E-state index in [4.69, 9.17) is 16.3 Å². The molecule has 1 amide bonds. The lowest BCUT2D eigenvalue weighted by molar-refractivity contribution is 0.0578. The van der Waals surface area contributed by atoms with Crippen LogP contribution in [0.15, 0.2) is 12.1 Å². The number of aromatic nitrogens is 1. The van der Waals surface area contributed by atoms with Crippen molar-refractivity contribution in [1.29, 1.82) is 0 Å². The number of amides is 1. The molecule has 0 atom stereocenters. The van der Waals surface area contributed by atoms with Crippen LogP contribution in [0.5, 0.6) is 0 Å². The van der Waals surface area contributed by atoms with Gasteiger partial charge in [-0.15, -0.1) is 0 Å². The summed E-state index contributed by atoms with van der Waals surface area (Å²) in [4.78, 5) is 18.1. The monoisotopic (exact) mass is 282 g/mol. The van der Waals surface area contributed by atoms with Crippen molar-refractivity contribution in [3.8, 4) is 0 Å². The number of ether oxygens (including phenoxy) is 1. The number of rotatable bonds is 0. The zero-order chi connectivity index (χ0) is 14.4. The molecule has 4 nitrogen and oxygen atoms in total. The number of hydrogen-bond acceptors (Lipinski definition) is 3. The van der Waals surface area contributed by atoms with Gasteiger partial charge in [-0.2, -0.15) is 0 Å². The molecule has 0 aliphatic carbocycles.